The van der Waals surface area contributed by atoms with E-state index >= 15 is 0 Å². The van der Waals surface area contributed by atoms with Crippen molar-refractivity contribution in [3.05, 3.63) is 24.4 Å². The number of amides is 1. The second-order valence-corrected chi connectivity index (χ2v) is 5.58. The Hall–Kier alpha value is -2.21. The van der Waals surface area contributed by atoms with Crippen molar-refractivity contribution in [3.63, 3.8) is 0 Å². The van der Waals surface area contributed by atoms with Gasteiger partial charge >= 0.3 is 0 Å². The molecule has 0 radical (unpaired) electrons. The van der Waals surface area contributed by atoms with Gasteiger partial charge in [-0.25, -0.2) is 4.98 Å². The van der Waals surface area contributed by atoms with E-state index in [4.69, 9.17) is 4.74 Å². The van der Waals surface area contributed by atoms with Crippen molar-refractivity contribution < 1.29 is 9.53 Å². The molecule has 2 unspecified atom stereocenters. The number of ether oxygens (including phenoxy) is 1. The molecule has 0 bridgehead atoms. The monoisotopic (exact) mass is 284 g/mol. The van der Waals surface area contributed by atoms with Crippen LogP contribution in [0.3, 0.4) is 0 Å². The zero-order valence-electron chi connectivity index (χ0n) is 11.7. The average molecular weight is 284 g/mol. The molecule has 4 rings (SSSR count). The first-order chi connectivity index (χ1) is 10.3. The van der Waals surface area contributed by atoms with Crippen molar-refractivity contribution in [2.45, 2.75) is 0 Å². The van der Waals surface area contributed by atoms with Gasteiger partial charge in [0.1, 0.15) is 5.52 Å². The molecular weight excluding hydrogens is 268 g/mol. The van der Waals surface area contributed by atoms with E-state index in [1.165, 1.54) is 0 Å². The molecule has 2 aromatic rings. The van der Waals surface area contributed by atoms with E-state index in [2.05, 4.69) is 20.6 Å². The Morgan fingerprint density at radius 1 is 1.33 bits per heavy atom. The van der Waals surface area contributed by atoms with Gasteiger partial charge < -0.3 is 15.4 Å². The highest BCUT2D eigenvalue weighted by Gasteiger charge is 2.56. The molecule has 108 valence electrons. The number of pyridine rings is 2. The van der Waals surface area contributed by atoms with Crippen LogP contribution in [0.4, 0.5) is 5.69 Å². The molecule has 1 aliphatic carbocycles. The van der Waals surface area contributed by atoms with Crippen molar-refractivity contribution in [1.29, 1.82) is 0 Å². The van der Waals surface area contributed by atoms with Crippen LogP contribution in [-0.4, -0.2) is 36.1 Å². The Kier molecular flexibility index (Phi) is 2.78. The van der Waals surface area contributed by atoms with Crippen LogP contribution >= 0.6 is 0 Å². The Bertz CT molecular complexity index is 708. The van der Waals surface area contributed by atoms with Gasteiger partial charge in [0.2, 0.25) is 11.8 Å². The molecule has 6 heteroatoms. The Balaban J connectivity index is 1.62. The van der Waals surface area contributed by atoms with Crippen molar-refractivity contribution >= 4 is 22.6 Å². The maximum atomic E-state index is 12.4. The molecule has 1 saturated heterocycles. The molecule has 2 aliphatic rings. The van der Waals surface area contributed by atoms with Gasteiger partial charge in [0.05, 0.1) is 18.3 Å². The fraction of sp³-hybridized carbons (Fsp3) is 0.400. The normalized spacial score (nSPS) is 26.4. The number of nitrogens with zero attached hydrogens (tertiary/aromatic N) is 2. The number of anilines is 1. The summed E-state index contributed by atoms with van der Waals surface area (Å²) >= 11 is 0. The summed E-state index contributed by atoms with van der Waals surface area (Å²) in [5.74, 6) is 1.74. The lowest BCUT2D eigenvalue weighted by atomic mass is 10.2. The lowest BCUT2D eigenvalue weighted by Crippen LogP contribution is -2.23. The van der Waals surface area contributed by atoms with Gasteiger partial charge in [0.25, 0.3) is 0 Å². The first-order valence-electron chi connectivity index (χ1n) is 7.09. The van der Waals surface area contributed by atoms with Crippen LogP contribution in [0.15, 0.2) is 24.4 Å². The minimum absolute atomic E-state index is 0.0867. The van der Waals surface area contributed by atoms with Crippen molar-refractivity contribution in [1.82, 2.24) is 15.3 Å². The summed E-state index contributed by atoms with van der Waals surface area (Å²) in [6, 6.07) is 5.38. The van der Waals surface area contributed by atoms with Gasteiger partial charge in [-0.3, -0.25) is 9.78 Å². The predicted molar refractivity (Wildman–Crippen MR) is 78.1 cm³/mol. The fourth-order valence-electron chi connectivity index (χ4n) is 3.25. The molecule has 1 aliphatic heterocycles. The number of carbonyl (C=O) groups is 1. The number of carbonyl (C=O) groups excluding carboxylic acids is 1. The Morgan fingerprint density at radius 2 is 2.14 bits per heavy atom. The van der Waals surface area contributed by atoms with E-state index < -0.39 is 0 Å². The molecule has 1 amide bonds. The van der Waals surface area contributed by atoms with Gasteiger partial charge in [-0.15, -0.1) is 0 Å². The Morgan fingerprint density at radius 3 is 2.90 bits per heavy atom. The second kappa shape index (κ2) is 4.66. The summed E-state index contributed by atoms with van der Waals surface area (Å²) in [6.45, 7) is 1.90. The summed E-state index contributed by atoms with van der Waals surface area (Å²) in [5, 5.41) is 6.30. The van der Waals surface area contributed by atoms with Gasteiger partial charge in [-0.1, -0.05) is 0 Å². The zero-order valence-corrected chi connectivity index (χ0v) is 11.7. The fourth-order valence-corrected chi connectivity index (χ4v) is 3.25. The largest absolute Gasteiger partial charge is 0.481 e. The third-order valence-corrected chi connectivity index (χ3v) is 4.42. The van der Waals surface area contributed by atoms with E-state index in [0.29, 0.717) is 28.9 Å². The van der Waals surface area contributed by atoms with Crippen LogP contribution < -0.4 is 15.4 Å². The summed E-state index contributed by atoms with van der Waals surface area (Å²) < 4.78 is 5.14. The highest BCUT2D eigenvalue weighted by Crippen LogP contribution is 2.49. The van der Waals surface area contributed by atoms with Crippen LogP contribution in [0.5, 0.6) is 5.88 Å². The van der Waals surface area contributed by atoms with Crippen molar-refractivity contribution in [3.8, 4) is 5.88 Å². The minimum Gasteiger partial charge on any atom is -0.481 e. The molecule has 6 nitrogen and oxygen atoms in total. The highest BCUT2D eigenvalue weighted by atomic mass is 16.5. The second-order valence-electron chi connectivity index (χ2n) is 5.58. The molecule has 3 heterocycles. The number of rotatable bonds is 3. The molecule has 0 aromatic carbocycles. The van der Waals surface area contributed by atoms with E-state index in [9.17, 15) is 4.79 Å². The number of aromatic nitrogens is 2. The number of piperidine rings is 1. The van der Waals surface area contributed by atoms with Gasteiger partial charge in [0, 0.05) is 18.2 Å². The first-order valence-corrected chi connectivity index (χ1v) is 7.09. The molecule has 2 atom stereocenters. The third-order valence-electron chi connectivity index (χ3n) is 4.42. The molecule has 2 N–H and O–H groups in total. The van der Waals surface area contributed by atoms with Crippen LogP contribution in [-0.2, 0) is 4.79 Å². The van der Waals surface area contributed by atoms with Gasteiger partial charge in [-0.05, 0) is 37.1 Å². The quantitative estimate of drug-likeness (QED) is 0.881. The van der Waals surface area contributed by atoms with Crippen LogP contribution in [0.1, 0.15) is 0 Å². The molecular formula is C15H16N4O2. The van der Waals surface area contributed by atoms with Crippen LogP contribution in [0, 0.1) is 17.8 Å². The lowest BCUT2D eigenvalue weighted by Gasteiger charge is -2.09. The van der Waals surface area contributed by atoms with Crippen LogP contribution in [0.25, 0.3) is 11.0 Å². The topological polar surface area (TPSA) is 76.1 Å². The molecule has 2 fully saturated rings. The third kappa shape index (κ3) is 2.03. The number of hydrogen-bond donors (Lipinski definition) is 2. The van der Waals surface area contributed by atoms with Crippen molar-refractivity contribution in [2.75, 3.05) is 25.5 Å². The average Bonchev–Trinajstić information content (AvgIpc) is 3.00. The van der Waals surface area contributed by atoms with E-state index in [0.717, 1.165) is 18.6 Å². The molecule has 1 saturated carbocycles. The highest BCUT2D eigenvalue weighted by molar-refractivity contribution is 6.01. The number of nitrogens with one attached hydrogen (secondary N) is 2. The van der Waals surface area contributed by atoms with E-state index in [-0.39, 0.29) is 11.8 Å². The molecule has 0 spiro atoms. The maximum absolute atomic E-state index is 12.4. The smallest absolute Gasteiger partial charge is 0.228 e. The van der Waals surface area contributed by atoms with Crippen LogP contribution in [0.2, 0.25) is 0 Å². The van der Waals surface area contributed by atoms with Gasteiger partial charge in [0.15, 0.2) is 0 Å². The van der Waals surface area contributed by atoms with E-state index in [1.54, 1.807) is 25.4 Å². The summed E-state index contributed by atoms with van der Waals surface area (Å²) in [6.07, 6.45) is 1.68. The first kappa shape index (κ1) is 12.5. The van der Waals surface area contributed by atoms with Gasteiger partial charge in [-0.2, -0.15) is 0 Å². The molecule has 21 heavy (non-hydrogen) atoms. The van der Waals surface area contributed by atoms with Crippen molar-refractivity contribution in [2.24, 2.45) is 17.8 Å². The summed E-state index contributed by atoms with van der Waals surface area (Å²) in [7, 11) is 1.57. The Labute approximate surface area is 121 Å². The van der Waals surface area contributed by atoms with E-state index in [1.807, 2.05) is 6.07 Å². The zero-order chi connectivity index (χ0) is 14.4. The SMILES string of the molecule is COc1ccc2nccc(NC(=O)C3C4CNCC43)c2n1. The standard InChI is InChI=1S/C15H16N4O2/c1-21-12-3-2-10-14(19-12)11(4-5-17-10)18-15(20)13-8-6-16-7-9(8)13/h2-5,8-9,13,16H,6-7H2,1H3,(H,17,18,20). The summed E-state index contributed by atoms with van der Waals surface area (Å²) in [5.41, 5.74) is 2.10. The predicted octanol–water partition coefficient (Wildman–Crippen LogP) is 1.04. The number of fused-ring (bicyclic) bond motifs is 2. The summed E-state index contributed by atoms with van der Waals surface area (Å²) in [4.78, 5) is 21.0. The minimum atomic E-state index is 0.0867. The number of hydrogen-bond acceptors (Lipinski definition) is 5. The number of methoxy groups -OCH3 is 1. The lowest BCUT2D eigenvalue weighted by molar-refractivity contribution is -0.118. The maximum Gasteiger partial charge on any atom is 0.228 e. The molecule has 2 aromatic heterocycles.